The lowest BCUT2D eigenvalue weighted by molar-refractivity contribution is -0.125. The minimum Gasteiger partial charge on any atom is -0.350 e. The van der Waals surface area contributed by atoms with Gasteiger partial charge >= 0.3 is 0 Å². The average molecular weight is 706 g/mol. The van der Waals surface area contributed by atoms with E-state index in [9.17, 15) is 9.59 Å². The van der Waals surface area contributed by atoms with Crippen molar-refractivity contribution < 1.29 is 14.0 Å². The van der Waals surface area contributed by atoms with Gasteiger partial charge in [-0.15, -0.1) is 0 Å². The Labute approximate surface area is 306 Å². The first kappa shape index (κ1) is 34.8. The van der Waals surface area contributed by atoms with Crippen LogP contribution in [0.5, 0.6) is 0 Å². The number of piperidine rings is 1. The zero-order valence-electron chi connectivity index (χ0n) is 31.3. The van der Waals surface area contributed by atoms with Crippen molar-refractivity contribution in [2.24, 2.45) is 0 Å². The van der Waals surface area contributed by atoms with Gasteiger partial charge in [0, 0.05) is 41.0 Å². The lowest BCUT2D eigenvalue weighted by Crippen LogP contribution is -2.57. The first-order valence-corrected chi connectivity index (χ1v) is 19.5. The van der Waals surface area contributed by atoms with Crippen LogP contribution < -0.4 is 15.5 Å². The Morgan fingerprint density at radius 3 is 2.38 bits per heavy atom. The van der Waals surface area contributed by atoms with E-state index in [1.165, 1.54) is 50.4 Å². The second kappa shape index (κ2) is 13.6. The summed E-state index contributed by atoms with van der Waals surface area (Å²) in [7, 11) is 0. The quantitative estimate of drug-likeness (QED) is 0.191. The minimum absolute atomic E-state index is 0.0568. The maximum Gasteiger partial charge on any atom is 0.251 e. The zero-order valence-corrected chi connectivity index (χ0v) is 31.3. The van der Waals surface area contributed by atoms with Crippen LogP contribution in [-0.4, -0.2) is 62.5 Å². The summed E-state index contributed by atoms with van der Waals surface area (Å²) < 4.78 is 17.7. The molecule has 0 bridgehead atoms. The number of carbonyl (C=O) groups is 2. The highest BCUT2D eigenvalue weighted by molar-refractivity contribution is 6.09. The molecule has 0 atom stereocenters. The third kappa shape index (κ3) is 5.96. The van der Waals surface area contributed by atoms with E-state index in [-0.39, 0.29) is 35.6 Å². The molecule has 9 nitrogen and oxygen atoms in total. The number of hydrogen-bond acceptors (Lipinski definition) is 6. The molecule has 4 aromatic rings. The summed E-state index contributed by atoms with van der Waals surface area (Å²) >= 11 is 0. The van der Waals surface area contributed by atoms with Crippen LogP contribution in [0.2, 0.25) is 0 Å². The summed E-state index contributed by atoms with van der Waals surface area (Å²) in [5, 5.41) is 6.20. The first-order chi connectivity index (χ1) is 25.0. The number of halogens is 1. The minimum atomic E-state index is -0.470. The largest absolute Gasteiger partial charge is 0.350 e. The van der Waals surface area contributed by atoms with Gasteiger partial charge in [-0.2, -0.15) is 0 Å². The number of pyridine rings is 1. The van der Waals surface area contributed by atoms with Gasteiger partial charge in [0.25, 0.3) is 5.91 Å². The summed E-state index contributed by atoms with van der Waals surface area (Å²) in [4.78, 5) is 42.4. The van der Waals surface area contributed by atoms with Crippen molar-refractivity contribution in [3.63, 3.8) is 0 Å². The number of benzene rings is 2. The fourth-order valence-electron chi connectivity index (χ4n) is 9.27. The van der Waals surface area contributed by atoms with Gasteiger partial charge in [-0.1, -0.05) is 37.8 Å². The molecule has 2 aliphatic heterocycles. The van der Waals surface area contributed by atoms with E-state index in [0.29, 0.717) is 28.7 Å². The lowest BCUT2D eigenvalue weighted by Gasteiger charge is -2.48. The van der Waals surface area contributed by atoms with E-state index in [2.05, 4.69) is 52.5 Å². The Kier molecular flexibility index (Phi) is 9.08. The molecule has 2 N–H and O–H groups in total. The van der Waals surface area contributed by atoms with Crippen LogP contribution in [0.4, 0.5) is 21.6 Å². The molecular weight excluding hydrogens is 654 g/mol. The predicted octanol–water partition coefficient (Wildman–Crippen LogP) is 8.57. The van der Waals surface area contributed by atoms with Crippen LogP contribution in [-0.2, 0) is 10.2 Å². The number of aryl methyl sites for hydroxylation is 1. The van der Waals surface area contributed by atoms with Gasteiger partial charge in [0.2, 0.25) is 5.91 Å². The van der Waals surface area contributed by atoms with Crippen LogP contribution in [0.1, 0.15) is 119 Å². The number of carbonyl (C=O) groups excluding carboxylic acids is 2. The second-order valence-electron chi connectivity index (χ2n) is 16.3. The van der Waals surface area contributed by atoms with Crippen molar-refractivity contribution in [1.29, 1.82) is 0 Å². The maximum atomic E-state index is 15.6. The molecule has 52 heavy (non-hydrogen) atoms. The van der Waals surface area contributed by atoms with E-state index >= 15 is 4.39 Å². The third-order valence-electron chi connectivity index (χ3n) is 12.1. The van der Waals surface area contributed by atoms with Crippen molar-refractivity contribution in [2.75, 3.05) is 23.3 Å². The Bertz CT molecular complexity index is 2020. The van der Waals surface area contributed by atoms with Crippen molar-refractivity contribution in [1.82, 2.24) is 24.8 Å². The highest BCUT2D eigenvalue weighted by Crippen LogP contribution is 2.53. The van der Waals surface area contributed by atoms with Crippen molar-refractivity contribution in [3.05, 3.63) is 65.2 Å². The van der Waals surface area contributed by atoms with E-state index in [0.717, 1.165) is 60.8 Å². The van der Waals surface area contributed by atoms with E-state index < -0.39 is 11.2 Å². The van der Waals surface area contributed by atoms with Gasteiger partial charge in [-0.25, -0.2) is 14.4 Å². The molecule has 8 rings (SSSR count). The van der Waals surface area contributed by atoms with Crippen LogP contribution in [0.15, 0.2) is 42.7 Å². The number of anilines is 3. The maximum absolute atomic E-state index is 15.6. The molecule has 2 amide bonds. The standard InChI is InChI=1S/C42H52FN7O2/c1-25(2)45-40(51)31-22-35(33(43)18-27(31)5)47-39-38-36(44-24-49(38)26(3)4)23-34(46-39)28-12-13-32-37(19-28)50(41(52)42(32)14-8-6-9-15-42)30-20-29(21-30)48-16-10-7-11-17-48/h12-13,18-19,22-26,29-30H,6-11,14-17,20-21H2,1-5H3,(H,45,51)(H,46,47). The van der Waals surface area contributed by atoms with Gasteiger partial charge in [0.05, 0.1) is 28.6 Å². The molecule has 0 radical (unpaired) electrons. The van der Waals surface area contributed by atoms with E-state index in [1.807, 2.05) is 24.5 Å². The number of likely N-dealkylation sites (tertiary alicyclic amines) is 1. The number of nitrogens with one attached hydrogen (secondary N) is 2. The van der Waals surface area contributed by atoms with Gasteiger partial charge in [-0.3, -0.25) is 9.59 Å². The van der Waals surface area contributed by atoms with Gasteiger partial charge < -0.3 is 25.0 Å². The smallest absolute Gasteiger partial charge is 0.251 e. The molecule has 2 aromatic carbocycles. The van der Waals surface area contributed by atoms with Crippen LogP contribution >= 0.6 is 0 Å². The van der Waals surface area contributed by atoms with E-state index in [1.54, 1.807) is 19.3 Å². The number of imidazole rings is 1. The summed E-state index contributed by atoms with van der Waals surface area (Å²) in [6.45, 7) is 12.0. The molecule has 0 unspecified atom stereocenters. The lowest BCUT2D eigenvalue weighted by atomic mass is 9.70. The monoisotopic (exact) mass is 705 g/mol. The number of rotatable bonds is 8. The number of amides is 2. The molecule has 1 spiro atoms. The summed E-state index contributed by atoms with van der Waals surface area (Å²) in [6, 6.07) is 12.2. The molecule has 3 fully saturated rings. The first-order valence-electron chi connectivity index (χ1n) is 19.5. The van der Waals surface area contributed by atoms with Crippen molar-refractivity contribution in [3.8, 4) is 11.3 Å². The Hall–Kier alpha value is -4.31. The molecule has 10 heteroatoms. The predicted molar refractivity (Wildman–Crippen MR) is 205 cm³/mol. The Morgan fingerprint density at radius 2 is 1.67 bits per heavy atom. The fourth-order valence-corrected chi connectivity index (χ4v) is 9.27. The highest BCUT2D eigenvalue weighted by Gasteiger charge is 2.54. The van der Waals surface area contributed by atoms with Crippen molar-refractivity contribution >= 4 is 40.0 Å². The third-order valence-corrected chi connectivity index (χ3v) is 12.1. The second-order valence-corrected chi connectivity index (χ2v) is 16.3. The number of hydrogen-bond donors (Lipinski definition) is 2. The molecule has 2 aromatic heterocycles. The summed E-state index contributed by atoms with van der Waals surface area (Å²) in [5.41, 5.74) is 5.95. The SMILES string of the molecule is Cc1cc(F)c(Nc2nc(-c3ccc4c(c3)N(C3CC(N5CCCCC5)C3)C(=O)C43CCCCC3)cc3ncn(C(C)C)c23)cc1C(=O)NC(C)C. The Morgan fingerprint density at radius 1 is 0.942 bits per heavy atom. The molecule has 4 aliphatic rings. The fraction of sp³-hybridized carbons (Fsp3) is 0.524. The zero-order chi connectivity index (χ0) is 36.3. The topological polar surface area (TPSA) is 95.4 Å². The number of fused-ring (bicyclic) bond motifs is 3. The molecule has 4 heterocycles. The van der Waals surface area contributed by atoms with Gasteiger partial charge in [0.1, 0.15) is 11.3 Å². The Balaban J connectivity index is 1.19. The van der Waals surface area contributed by atoms with Gasteiger partial charge in [-0.05, 0) is 122 Å². The average Bonchev–Trinajstić information content (AvgIpc) is 3.64. The van der Waals surface area contributed by atoms with Gasteiger partial charge in [0.15, 0.2) is 5.82 Å². The number of nitrogens with zero attached hydrogens (tertiary/aromatic N) is 5. The molecular formula is C42H52FN7O2. The number of aromatic nitrogens is 3. The highest BCUT2D eigenvalue weighted by atomic mass is 19.1. The van der Waals surface area contributed by atoms with E-state index in [4.69, 9.17) is 9.97 Å². The molecule has 1 saturated heterocycles. The normalized spacial score (nSPS) is 21.6. The molecule has 2 saturated carbocycles. The van der Waals surface area contributed by atoms with Crippen LogP contribution in [0.25, 0.3) is 22.3 Å². The molecule has 2 aliphatic carbocycles. The van der Waals surface area contributed by atoms with Crippen LogP contribution in [0, 0.1) is 12.7 Å². The summed E-state index contributed by atoms with van der Waals surface area (Å²) in [6.07, 6.45) is 12.8. The molecule has 274 valence electrons. The van der Waals surface area contributed by atoms with Crippen LogP contribution in [0.3, 0.4) is 0 Å². The summed E-state index contributed by atoms with van der Waals surface area (Å²) in [5.74, 6) is 0.0194. The van der Waals surface area contributed by atoms with Crippen molar-refractivity contribution in [2.45, 2.75) is 128 Å².